The maximum Gasteiger partial charge on any atom is 0.266 e. The predicted octanol–water partition coefficient (Wildman–Crippen LogP) is 3.31. The number of thiazole rings is 1. The number of halogens is 2. The van der Waals surface area contributed by atoms with E-state index in [2.05, 4.69) is 4.99 Å². The summed E-state index contributed by atoms with van der Waals surface area (Å²) in [5, 5.41) is 0.588. The van der Waals surface area contributed by atoms with Crippen LogP contribution < -0.4 is 4.80 Å². The molecule has 4 rings (SSSR count). The first-order valence-corrected chi connectivity index (χ1v) is 11.5. The van der Waals surface area contributed by atoms with Crippen LogP contribution in [0.4, 0.5) is 4.39 Å². The predicted molar refractivity (Wildman–Crippen MR) is 110 cm³/mol. The van der Waals surface area contributed by atoms with Crippen molar-refractivity contribution in [1.82, 2.24) is 8.87 Å². The Balaban J connectivity index is 1.69. The Labute approximate surface area is 175 Å². The quantitative estimate of drug-likeness (QED) is 0.610. The molecule has 10 heteroatoms. The van der Waals surface area contributed by atoms with E-state index in [1.54, 1.807) is 23.7 Å². The number of fused-ring (bicyclic) bond motifs is 1. The Morgan fingerprint density at radius 1 is 1.24 bits per heavy atom. The van der Waals surface area contributed by atoms with E-state index in [4.69, 9.17) is 11.6 Å². The molecule has 0 bridgehead atoms. The number of aryl methyl sites for hydroxylation is 1. The van der Waals surface area contributed by atoms with Gasteiger partial charge in [-0.15, -0.1) is 0 Å². The van der Waals surface area contributed by atoms with Gasteiger partial charge in [-0.05, 0) is 55.3 Å². The van der Waals surface area contributed by atoms with Crippen LogP contribution in [-0.2, 0) is 21.9 Å². The molecule has 6 nitrogen and oxygen atoms in total. The lowest BCUT2D eigenvalue weighted by Gasteiger charge is -2.21. The van der Waals surface area contributed by atoms with Crippen molar-refractivity contribution in [2.24, 2.45) is 12.0 Å². The van der Waals surface area contributed by atoms with Crippen molar-refractivity contribution >= 4 is 49.1 Å². The van der Waals surface area contributed by atoms with E-state index >= 15 is 0 Å². The van der Waals surface area contributed by atoms with E-state index in [9.17, 15) is 17.6 Å². The highest BCUT2D eigenvalue weighted by Gasteiger charge is 2.39. The lowest BCUT2D eigenvalue weighted by Crippen LogP contribution is -2.40. The average molecular weight is 454 g/mol. The van der Waals surface area contributed by atoms with Gasteiger partial charge < -0.3 is 4.57 Å². The van der Waals surface area contributed by atoms with Gasteiger partial charge in [0.15, 0.2) is 4.80 Å². The van der Waals surface area contributed by atoms with Crippen molar-refractivity contribution in [3.8, 4) is 0 Å². The fourth-order valence-electron chi connectivity index (χ4n) is 3.40. The Bertz CT molecular complexity index is 1270. The van der Waals surface area contributed by atoms with Crippen molar-refractivity contribution in [3.05, 3.63) is 58.1 Å². The van der Waals surface area contributed by atoms with Gasteiger partial charge >= 0.3 is 0 Å². The van der Waals surface area contributed by atoms with E-state index in [0.29, 0.717) is 22.7 Å². The molecule has 0 N–H and O–H groups in total. The monoisotopic (exact) mass is 453 g/mol. The number of benzene rings is 2. The van der Waals surface area contributed by atoms with Crippen LogP contribution in [0.15, 0.2) is 52.4 Å². The topological polar surface area (TPSA) is 71.7 Å². The van der Waals surface area contributed by atoms with Crippen LogP contribution in [0.2, 0.25) is 5.02 Å². The molecular formula is C19H17ClFN3O3S2. The van der Waals surface area contributed by atoms with Crippen molar-refractivity contribution in [2.45, 2.75) is 23.8 Å². The maximum absolute atomic E-state index is 13.2. The van der Waals surface area contributed by atoms with Gasteiger partial charge in [0.2, 0.25) is 10.0 Å². The Hall–Kier alpha value is -2.07. The van der Waals surface area contributed by atoms with Crippen LogP contribution in [0.3, 0.4) is 0 Å². The molecule has 1 fully saturated rings. The molecule has 0 spiro atoms. The third kappa shape index (κ3) is 3.75. The third-order valence-electron chi connectivity index (χ3n) is 4.89. The molecule has 1 atom stereocenters. The molecule has 1 saturated heterocycles. The van der Waals surface area contributed by atoms with Gasteiger partial charge in [-0.2, -0.15) is 9.30 Å². The number of aromatic nitrogens is 1. The van der Waals surface area contributed by atoms with Gasteiger partial charge in [0.05, 0.1) is 15.1 Å². The van der Waals surface area contributed by atoms with Crippen LogP contribution in [0.1, 0.15) is 12.8 Å². The molecule has 1 amide bonds. The largest absolute Gasteiger partial charge is 0.319 e. The standard InChI is InChI=1S/C19H17ClFN3O3S2/c1-23-15-9-4-12(20)11-17(15)28-19(23)22-18(25)16-3-2-10-24(16)29(26,27)14-7-5-13(21)6-8-14/h4-9,11,16H,2-3,10H2,1H3. The molecule has 152 valence electrons. The minimum absolute atomic E-state index is 0.0411. The van der Waals surface area contributed by atoms with Gasteiger partial charge in [-0.1, -0.05) is 22.9 Å². The maximum atomic E-state index is 13.2. The number of carbonyl (C=O) groups excluding carboxylic acids is 1. The van der Waals surface area contributed by atoms with E-state index in [1.807, 2.05) is 6.07 Å². The fraction of sp³-hybridized carbons (Fsp3) is 0.263. The molecule has 2 aromatic carbocycles. The van der Waals surface area contributed by atoms with Gasteiger partial charge in [-0.3, -0.25) is 4.79 Å². The minimum atomic E-state index is -3.92. The number of rotatable bonds is 3. The van der Waals surface area contributed by atoms with Crippen LogP contribution in [-0.4, -0.2) is 35.8 Å². The minimum Gasteiger partial charge on any atom is -0.319 e. The number of nitrogens with zero attached hydrogens (tertiary/aromatic N) is 3. The average Bonchev–Trinajstić information content (AvgIpc) is 3.28. The summed E-state index contributed by atoms with van der Waals surface area (Å²) in [6.07, 6.45) is 0.948. The molecule has 1 aliphatic heterocycles. The van der Waals surface area contributed by atoms with Gasteiger partial charge in [0.25, 0.3) is 5.91 Å². The highest BCUT2D eigenvalue weighted by Crippen LogP contribution is 2.27. The zero-order chi connectivity index (χ0) is 20.8. The Morgan fingerprint density at radius 3 is 2.69 bits per heavy atom. The first-order chi connectivity index (χ1) is 13.8. The second kappa shape index (κ2) is 7.64. The number of amides is 1. The number of carbonyl (C=O) groups is 1. The van der Waals surface area contributed by atoms with E-state index in [0.717, 1.165) is 26.7 Å². The first kappa shape index (κ1) is 20.2. The van der Waals surface area contributed by atoms with Crippen molar-refractivity contribution < 1.29 is 17.6 Å². The van der Waals surface area contributed by atoms with Crippen molar-refractivity contribution in [3.63, 3.8) is 0 Å². The summed E-state index contributed by atoms with van der Waals surface area (Å²) in [5.74, 6) is -1.04. The summed E-state index contributed by atoms with van der Waals surface area (Å²) in [6, 6.07) is 9.12. The zero-order valence-electron chi connectivity index (χ0n) is 15.4. The summed E-state index contributed by atoms with van der Waals surface area (Å²) < 4.78 is 42.9. The van der Waals surface area contributed by atoms with Crippen LogP contribution >= 0.6 is 22.9 Å². The summed E-state index contributed by atoms with van der Waals surface area (Å²) in [6.45, 7) is 0.222. The lowest BCUT2D eigenvalue weighted by atomic mass is 10.2. The van der Waals surface area contributed by atoms with Crippen LogP contribution in [0.25, 0.3) is 10.2 Å². The van der Waals surface area contributed by atoms with Crippen molar-refractivity contribution in [2.75, 3.05) is 6.54 Å². The zero-order valence-corrected chi connectivity index (χ0v) is 17.8. The molecular weight excluding hydrogens is 437 g/mol. The number of hydrogen-bond donors (Lipinski definition) is 0. The number of hydrogen-bond acceptors (Lipinski definition) is 4. The molecule has 0 saturated carbocycles. The SMILES string of the molecule is Cn1c(=NC(=O)C2CCCN2S(=O)(=O)c2ccc(F)cc2)sc2cc(Cl)ccc21. The fourth-order valence-corrected chi connectivity index (χ4v) is 6.35. The second-order valence-electron chi connectivity index (χ2n) is 6.73. The summed E-state index contributed by atoms with van der Waals surface area (Å²) in [4.78, 5) is 17.5. The molecule has 1 aliphatic rings. The Morgan fingerprint density at radius 2 is 1.97 bits per heavy atom. The first-order valence-electron chi connectivity index (χ1n) is 8.88. The third-order valence-corrected chi connectivity index (χ3v) is 8.14. The van der Waals surface area contributed by atoms with Crippen LogP contribution in [0.5, 0.6) is 0 Å². The second-order valence-corrected chi connectivity index (χ2v) is 10.1. The summed E-state index contributed by atoms with van der Waals surface area (Å²) >= 11 is 7.34. The summed E-state index contributed by atoms with van der Waals surface area (Å²) in [7, 11) is -2.13. The highest BCUT2D eigenvalue weighted by molar-refractivity contribution is 7.89. The van der Waals surface area contributed by atoms with E-state index in [1.165, 1.54) is 23.5 Å². The molecule has 3 aromatic rings. The molecule has 0 radical (unpaired) electrons. The number of sulfonamides is 1. The normalized spacial score (nSPS) is 18.6. The molecule has 1 unspecified atom stereocenters. The van der Waals surface area contributed by atoms with Crippen molar-refractivity contribution in [1.29, 1.82) is 0 Å². The summed E-state index contributed by atoms with van der Waals surface area (Å²) in [5.41, 5.74) is 0.883. The molecule has 0 aliphatic carbocycles. The van der Waals surface area contributed by atoms with Gasteiger partial charge in [-0.25, -0.2) is 12.8 Å². The molecule has 29 heavy (non-hydrogen) atoms. The molecule has 2 heterocycles. The van der Waals surface area contributed by atoms with Gasteiger partial charge in [0.1, 0.15) is 11.9 Å². The van der Waals surface area contributed by atoms with Gasteiger partial charge in [0, 0.05) is 18.6 Å². The van der Waals surface area contributed by atoms with E-state index in [-0.39, 0.29) is 11.4 Å². The highest BCUT2D eigenvalue weighted by atomic mass is 35.5. The van der Waals surface area contributed by atoms with E-state index < -0.39 is 27.8 Å². The lowest BCUT2D eigenvalue weighted by molar-refractivity contribution is -0.121. The Kier molecular flexibility index (Phi) is 5.32. The molecule has 1 aromatic heterocycles. The smallest absolute Gasteiger partial charge is 0.266 e. The van der Waals surface area contributed by atoms with Crippen LogP contribution in [0, 0.1) is 5.82 Å².